The molecule has 0 aliphatic heterocycles. The van der Waals surface area contributed by atoms with E-state index in [1.165, 1.54) is 29.9 Å². The molecule has 30 heavy (non-hydrogen) atoms. The first-order valence-electron chi connectivity index (χ1n) is 9.04. The lowest BCUT2D eigenvalue weighted by Crippen LogP contribution is -2.23. The molecule has 150 valence electrons. The minimum atomic E-state index is -0.436. The standard InChI is InChI=1S/C22H17N3O4S/c1-14(26)29-17-10-8-16(12-18(17)28-2)13-19-21(27)25-22(30-19)23-20(24-25)11-9-15-6-4-3-5-7-15/h3-13H,1-2H3. The average molecular weight is 419 g/mol. The molecule has 4 rings (SSSR count). The van der Waals surface area contributed by atoms with Crippen molar-refractivity contribution in [3.05, 3.63) is 80.4 Å². The molecule has 0 N–H and O–H groups in total. The summed E-state index contributed by atoms with van der Waals surface area (Å²) in [4.78, 5) is 28.8. The normalized spacial score (nSPS) is 12.0. The van der Waals surface area contributed by atoms with Gasteiger partial charge in [0.25, 0.3) is 5.56 Å². The summed E-state index contributed by atoms with van der Waals surface area (Å²) in [6, 6.07) is 14.9. The molecule has 2 aromatic carbocycles. The van der Waals surface area contributed by atoms with Crippen molar-refractivity contribution in [3.63, 3.8) is 0 Å². The Kier molecular flexibility index (Phi) is 5.40. The predicted octanol–water partition coefficient (Wildman–Crippen LogP) is 2.80. The maximum Gasteiger partial charge on any atom is 0.308 e. The molecule has 4 aromatic rings. The van der Waals surface area contributed by atoms with E-state index in [2.05, 4.69) is 10.1 Å². The van der Waals surface area contributed by atoms with E-state index < -0.39 is 5.97 Å². The van der Waals surface area contributed by atoms with Crippen LogP contribution in [0.15, 0.2) is 53.3 Å². The Balaban J connectivity index is 1.65. The Bertz CT molecular complexity index is 1360. The number of nitrogens with zero attached hydrogens (tertiary/aromatic N) is 3. The van der Waals surface area contributed by atoms with E-state index in [4.69, 9.17) is 9.47 Å². The molecular weight excluding hydrogens is 402 g/mol. The molecule has 0 saturated heterocycles. The molecule has 0 aliphatic carbocycles. The molecule has 8 heteroatoms. The third-order valence-corrected chi connectivity index (χ3v) is 5.12. The molecule has 0 fully saturated rings. The largest absolute Gasteiger partial charge is 0.493 e. The fraction of sp³-hybridized carbons (Fsp3) is 0.0909. The fourth-order valence-corrected chi connectivity index (χ4v) is 3.73. The number of methoxy groups -OCH3 is 1. The zero-order chi connectivity index (χ0) is 21.1. The predicted molar refractivity (Wildman–Crippen MR) is 116 cm³/mol. The number of ether oxygens (including phenoxy) is 2. The summed E-state index contributed by atoms with van der Waals surface area (Å²) < 4.78 is 12.2. The van der Waals surface area contributed by atoms with Gasteiger partial charge in [-0.1, -0.05) is 53.8 Å². The second-order valence-electron chi connectivity index (χ2n) is 6.33. The molecule has 0 spiro atoms. The van der Waals surface area contributed by atoms with Gasteiger partial charge >= 0.3 is 5.97 Å². The van der Waals surface area contributed by atoms with Crippen molar-refractivity contribution in [3.8, 4) is 11.5 Å². The zero-order valence-corrected chi connectivity index (χ0v) is 17.1. The van der Waals surface area contributed by atoms with Crippen molar-refractivity contribution in [2.24, 2.45) is 0 Å². The van der Waals surface area contributed by atoms with Gasteiger partial charge in [0, 0.05) is 6.92 Å². The van der Waals surface area contributed by atoms with Gasteiger partial charge in [-0.05, 0) is 35.4 Å². The zero-order valence-electron chi connectivity index (χ0n) is 16.2. The lowest BCUT2D eigenvalue weighted by atomic mass is 10.2. The second-order valence-corrected chi connectivity index (χ2v) is 7.34. The first-order valence-corrected chi connectivity index (χ1v) is 9.86. The van der Waals surface area contributed by atoms with Crippen LogP contribution >= 0.6 is 11.3 Å². The van der Waals surface area contributed by atoms with Gasteiger partial charge in [0.15, 0.2) is 17.3 Å². The highest BCUT2D eigenvalue weighted by atomic mass is 32.1. The van der Waals surface area contributed by atoms with Crippen LogP contribution in [0.1, 0.15) is 23.9 Å². The highest BCUT2D eigenvalue weighted by Gasteiger charge is 2.10. The topological polar surface area (TPSA) is 82.8 Å². The summed E-state index contributed by atoms with van der Waals surface area (Å²) in [5.41, 5.74) is 1.51. The van der Waals surface area contributed by atoms with E-state index in [0.717, 1.165) is 11.1 Å². The Morgan fingerprint density at radius 3 is 2.57 bits per heavy atom. The molecule has 7 nitrogen and oxygen atoms in total. The van der Waals surface area contributed by atoms with Crippen molar-refractivity contribution in [2.75, 3.05) is 7.11 Å². The lowest BCUT2D eigenvalue weighted by Gasteiger charge is -2.08. The summed E-state index contributed by atoms with van der Waals surface area (Å²) in [7, 11) is 1.48. The highest BCUT2D eigenvalue weighted by Crippen LogP contribution is 2.28. The van der Waals surface area contributed by atoms with E-state index in [1.807, 2.05) is 36.4 Å². The number of esters is 1. The molecule has 0 atom stereocenters. The van der Waals surface area contributed by atoms with E-state index >= 15 is 0 Å². The summed E-state index contributed by atoms with van der Waals surface area (Å²) in [5.74, 6) is 0.761. The number of carbonyl (C=O) groups is 1. The van der Waals surface area contributed by atoms with Crippen LogP contribution in [0.5, 0.6) is 11.5 Å². The first-order chi connectivity index (χ1) is 14.5. The quantitative estimate of drug-likeness (QED) is 0.365. The molecule has 0 radical (unpaired) electrons. The minimum absolute atomic E-state index is 0.245. The van der Waals surface area contributed by atoms with E-state index in [1.54, 1.807) is 30.4 Å². The van der Waals surface area contributed by atoms with Crippen LogP contribution in [0.2, 0.25) is 0 Å². The Morgan fingerprint density at radius 1 is 1.07 bits per heavy atom. The van der Waals surface area contributed by atoms with Crippen molar-refractivity contribution in [1.29, 1.82) is 0 Å². The van der Waals surface area contributed by atoms with E-state index in [0.29, 0.717) is 26.8 Å². The van der Waals surface area contributed by atoms with Crippen LogP contribution in [0.3, 0.4) is 0 Å². The molecular formula is C22H17N3O4S. The minimum Gasteiger partial charge on any atom is -0.493 e. The van der Waals surface area contributed by atoms with Crippen molar-refractivity contribution in [2.45, 2.75) is 6.92 Å². The van der Waals surface area contributed by atoms with Gasteiger partial charge in [-0.3, -0.25) is 9.59 Å². The van der Waals surface area contributed by atoms with Crippen LogP contribution < -0.4 is 19.6 Å². The van der Waals surface area contributed by atoms with Crippen LogP contribution in [-0.4, -0.2) is 27.7 Å². The molecule has 2 heterocycles. The number of thiazole rings is 1. The summed E-state index contributed by atoms with van der Waals surface area (Å²) in [5, 5.41) is 4.28. The number of aromatic nitrogens is 3. The molecule has 0 aliphatic rings. The summed E-state index contributed by atoms with van der Waals surface area (Å²) in [6.07, 6.45) is 5.40. The van der Waals surface area contributed by atoms with Gasteiger partial charge in [-0.25, -0.2) is 0 Å². The lowest BCUT2D eigenvalue weighted by molar-refractivity contribution is -0.132. The maximum atomic E-state index is 12.7. The maximum absolute atomic E-state index is 12.7. The van der Waals surface area contributed by atoms with Crippen LogP contribution in [0, 0.1) is 0 Å². The van der Waals surface area contributed by atoms with Crippen molar-refractivity contribution in [1.82, 2.24) is 14.6 Å². The van der Waals surface area contributed by atoms with Gasteiger partial charge < -0.3 is 9.47 Å². The van der Waals surface area contributed by atoms with Crippen LogP contribution in [0.4, 0.5) is 0 Å². The van der Waals surface area contributed by atoms with Crippen molar-refractivity contribution < 1.29 is 14.3 Å². The van der Waals surface area contributed by atoms with Gasteiger partial charge in [0.1, 0.15) is 0 Å². The second kappa shape index (κ2) is 8.30. The van der Waals surface area contributed by atoms with Crippen LogP contribution in [-0.2, 0) is 4.79 Å². The summed E-state index contributed by atoms with van der Waals surface area (Å²) >= 11 is 1.25. The SMILES string of the molecule is COc1cc(C=c2sc3nc(C=Cc4ccccc4)nn3c2=O)ccc1OC(C)=O. The van der Waals surface area contributed by atoms with Crippen molar-refractivity contribution >= 4 is 40.5 Å². The number of carbonyl (C=O) groups excluding carboxylic acids is 1. The van der Waals surface area contributed by atoms with Crippen LogP contribution in [0.25, 0.3) is 23.2 Å². The van der Waals surface area contributed by atoms with Gasteiger partial charge in [-0.15, -0.1) is 5.10 Å². The third kappa shape index (κ3) is 4.13. The molecule has 0 unspecified atom stereocenters. The first kappa shape index (κ1) is 19.5. The third-order valence-electron chi connectivity index (χ3n) is 4.16. The number of rotatable bonds is 5. The molecule has 0 amide bonds. The number of fused-ring (bicyclic) bond motifs is 1. The summed E-state index contributed by atoms with van der Waals surface area (Å²) in [6.45, 7) is 1.32. The number of hydrogen-bond acceptors (Lipinski definition) is 7. The molecule has 0 saturated carbocycles. The average Bonchev–Trinajstić information content (AvgIpc) is 3.27. The fourth-order valence-electron chi connectivity index (χ4n) is 2.82. The van der Waals surface area contributed by atoms with Gasteiger partial charge in [-0.2, -0.15) is 9.50 Å². The smallest absolute Gasteiger partial charge is 0.308 e. The Morgan fingerprint density at radius 2 is 1.87 bits per heavy atom. The Hall–Kier alpha value is -3.78. The number of hydrogen-bond donors (Lipinski definition) is 0. The van der Waals surface area contributed by atoms with E-state index in [-0.39, 0.29) is 5.56 Å². The van der Waals surface area contributed by atoms with E-state index in [9.17, 15) is 9.59 Å². The van der Waals surface area contributed by atoms with Gasteiger partial charge in [0.05, 0.1) is 11.6 Å². The molecule has 0 bridgehead atoms. The monoisotopic (exact) mass is 419 g/mol. The highest BCUT2D eigenvalue weighted by molar-refractivity contribution is 7.15. The van der Waals surface area contributed by atoms with Gasteiger partial charge in [0.2, 0.25) is 4.96 Å². The number of benzene rings is 2. The Labute approximate surface area is 175 Å². The molecule has 2 aromatic heterocycles.